The van der Waals surface area contributed by atoms with E-state index in [9.17, 15) is 0 Å². The maximum absolute atomic E-state index is 6.00. The highest BCUT2D eigenvalue weighted by atomic mass is 35.5. The van der Waals surface area contributed by atoms with Crippen LogP contribution in [0.5, 0.6) is 5.75 Å². The number of ether oxygens (including phenoxy) is 1. The van der Waals surface area contributed by atoms with Gasteiger partial charge in [0.25, 0.3) is 0 Å². The van der Waals surface area contributed by atoms with Crippen LogP contribution < -0.4 is 4.74 Å². The predicted octanol–water partition coefficient (Wildman–Crippen LogP) is 4.24. The molecule has 1 rings (SSSR count). The van der Waals surface area contributed by atoms with Crippen LogP contribution in [0.4, 0.5) is 0 Å². The van der Waals surface area contributed by atoms with E-state index in [1.807, 2.05) is 18.2 Å². The Morgan fingerprint density at radius 3 is 2.81 bits per heavy atom. The third kappa shape index (κ3) is 4.26. The molecule has 0 radical (unpaired) electrons. The maximum atomic E-state index is 6.00. The molecule has 0 amide bonds. The second-order valence-electron chi connectivity index (χ2n) is 4.09. The van der Waals surface area contributed by atoms with Crippen molar-refractivity contribution in [3.63, 3.8) is 0 Å². The predicted molar refractivity (Wildman–Crippen MR) is 74.0 cm³/mol. The SMILES string of the molecule is CCCOc1ccc(Cl)cc1CC(C)CS. The molecule has 1 aromatic rings. The molecule has 1 nitrogen and oxygen atoms in total. The summed E-state index contributed by atoms with van der Waals surface area (Å²) in [5.41, 5.74) is 1.18. The van der Waals surface area contributed by atoms with Gasteiger partial charge in [-0.05, 0) is 48.3 Å². The van der Waals surface area contributed by atoms with E-state index in [0.717, 1.165) is 36.0 Å². The lowest BCUT2D eigenvalue weighted by molar-refractivity contribution is 0.313. The molecule has 0 aliphatic carbocycles. The van der Waals surface area contributed by atoms with Crippen molar-refractivity contribution in [3.8, 4) is 5.75 Å². The minimum absolute atomic E-state index is 0.533. The zero-order valence-corrected chi connectivity index (χ0v) is 11.5. The van der Waals surface area contributed by atoms with Crippen molar-refractivity contribution >= 4 is 24.2 Å². The van der Waals surface area contributed by atoms with Crippen molar-refractivity contribution in [1.29, 1.82) is 0 Å². The first-order valence-electron chi connectivity index (χ1n) is 5.69. The van der Waals surface area contributed by atoms with E-state index in [-0.39, 0.29) is 0 Å². The van der Waals surface area contributed by atoms with Crippen molar-refractivity contribution in [2.75, 3.05) is 12.4 Å². The second-order valence-corrected chi connectivity index (χ2v) is 4.89. The molecule has 0 saturated heterocycles. The Morgan fingerprint density at radius 2 is 2.19 bits per heavy atom. The Labute approximate surface area is 109 Å². The highest BCUT2D eigenvalue weighted by Crippen LogP contribution is 2.25. The Bertz CT molecular complexity index is 328. The van der Waals surface area contributed by atoms with Gasteiger partial charge in [-0.2, -0.15) is 12.6 Å². The summed E-state index contributed by atoms with van der Waals surface area (Å²) >= 11 is 10.3. The van der Waals surface area contributed by atoms with Crippen molar-refractivity contribution in [3.05, 3.63) is 28.8 Å². The van der Waals surface area contributed by atoms with Gasteiger partial charge in [0, 0.05) is 5.02 Å². The minimum Gasteiger partial charge on any atom is -0.493 e. The first-order chi connectivity index (χ1) is 7.67. The van der Waals surface area contributed by atoms with E-state index >= 15 is 0 Å². The van der Waals surface area contributed by atoms with E-state index in [0.29, 0.717) is 5.92 Å². The highest BCUT2D eigenvalue weighted by Gasteiger charge is 2.08. The summed E-state index contributed by atoms with van der Waals surface area (Å²) < 4.78 is 5.70. The fourth-order valence-corrected chi connectivity index (χ4v) is 1.82. The second kappa shape index (κ2) is 7.08. The molecule has 1 unspecified atom stereocenters. The number of benzene rings is 1. The summed E-state index contributed by atoms with van der Waals surface area (Å²) in [6.07, 6.45) is 1.98. The van der Waals surface area contributed by atoms with Gasteiger partial charge in [0.05, 0.1) is 6.61 Å². The average molecular weight is 259 g/mol. The molecule has 0 aliphatic heterocycles. The third-order valence-corrected chi connectivity index (χ3v) is 3.22. The van der Waals surface area contributed by atoms with Crippen LogP contribution in [-0.2, 0) is 6.42 Å². The van der Waals surface area contributed by atoms with E-state index < -0.39 is 0 Å². The van der Waals surface area contributed by atoms with Crippen LogP contribution in [0.15, 0.2) is 18.2 Å². The molecule has 0 spiro atoms. The van der Waals surface area contributed by atoms with Crippen molar-refractivity contribution < 1.29 is 4.74 Å². The molecular formula is C13H19ClOS. The lowest BCUT2D eigenvalue weighted by atomic mass is 10.0. The van der Waals surface area contributed by atoms with Gasteiger partial charge >= 0.3 is 0 Å². The van der Waals surface area contributed by atoms with Gasteiger partial charge in [-0.3, -0.25) is 0 Å². The van der Waals surface area contributed by atoms with Gasteiger partial charge in [-0.25, -0.2) is 0 Å². The van der Waals surface area contributed by atoms with Gasteiger partial charge in [-0.1, -0.05) is 25.4 Å². The molecule has 3 heteroatoms. The van der Waals surface area contributed by atoms with Gasteiger partial charge in [0.15, 0.2) is 0 Å². The molecule has 0 aromatic heterocycles. The summed E-state index contributed by atoms with van der Waals surface area (Å²) in [5, 5.41) is 0.769. The fraction of sp³-hybridized carbons (Fsp3) is 0.538. The summed E-state index contributed by atoms with van der Waals surface area (Å²) in [5.74, 6) is 2.37. The molecule has 0 N–H and O–H groups in total. The van der Waals surface area contributed by atoms with E-state index in [4.69, 9.17) is 16.3 Å². The van der Waals surface area contributed by atoms with Gasteiger partial charge in [0.1, 0.15) is 5.75 Å². The number of hydrogen-bond acceptors (Lipinski definition) is 2. The van der Waals surface area contributed by atoms with Crippen molar-refractivity contribution in [1.82, 2.24) is 0 Å². The first-order valence-corrected chi connectivity index (χ1v) is 6.70. The Morgan fingerprint density at radius 1 is 1.44 bits per heavy atom. The molecule has 0 aliphatic rings. The quantitative estimate of drug-likeness (QED) is 0.751. The lowest BCUT2D eigenvalue weighted by Crippen LogP contribution is -2.05. The normalized spacial score (nSPS) is 12.5. The largest absolute Gasteiger partial charge is 0.493 e. The summed E-state index contributed by atoms with van der Waals surface area (Å²) in [6, 6.07) is 5.83. The van der Waals surface area contributed by atoms with E-state index in [2.05, 4.69) is 26.5 Å². The monoisotopic (exact) mass is 258 g/mol. The fourth-order valence-electron chi connectivity index (χ4n) is 1.50. The highest BCUT2D eigenvalue weighted by molar-refractivity contribution is 7.80. The maximum Gasteiger partial charge on any atom is 0.122 e. The van der Waals surface area contributed by atoms with Crippen LogP contribution in [-0.4, -0.2) is 12.4 Å². The first kappa shape index (κ1) is 13.7. The molecule has 0 heterocycles. The molecular weight excluding hydrogens is 240 g/mol. The molecule has 0 saturated carbocycles. The molecule has 0 fully saturated rings. The van der Waals surface area contributed by atoms with Crippen LogP contribution in [0.25, 0.3) is 0 Å². The van der Waals surface area contributed by atoms with Gasteiger partial charge in [-0.15, -0.1) is 0 Å². The van der Waals surface area contributed by atoms with Crippen LogP contribution in [0.3, 0.4) is 0 Å². The number of rotatable bonds is 6. The van der Waals surface area contributed by atoms with Gasteiger partial charge in [0.2, 0.25) is 0 Å². The summed E-state index contributed by atoms with van der Waals surface area (Å²) in [7, 11) is 0. The molecule has 1 aromatic carbocycles. The Kier molecular flexibility index (Phi) is 6.07. The topological polar surface area (TPSA) is 9.23 Å². The third-order valence-electron chi connectivity index (χ3n) is 2.36. The number of thiol groups is 1. The zero-order chi connectivity index (χ0) is 12.0. The number of halogens is 1. The number of hydrogen-bond donors (Lipinski definition) is 1. The lowest BCUT2D eigenvalue weighted by Gasteiger charge is -2.14. The van der Waals surface area contributed by atoms with Crippen LogP contribution >= 0.6 is 24.2 Å². The smallest absolute Gasteiger partial charge is 0.122 e. The van der Waals surface area contributed by atoms with Gasteiger partial charge < -0.3 is 4.74 Å². The van der Waals surface area contributed by atoms with E-state index in [1.54, 1.807) is 0 Å². The summed E-state index contributed by atoms with van der Waals surface area (Å²) in [6.45, 7) is 5.04. The summed E-state index contributed by atoms with van der Waals surface area (Å²) in [4.78, 5) is 0. The Hall–Kier alpha value is -0.340. The van der Waals surface area contributed by atoms with Crippen LogP contribution in [0.1, 0.15) is 25.8 Å². The standard InChI is InChI=1S/C13H19ClOS/c1-3-6-15-13-5-4-12(14)8-11(13)7-10(2)9-16/h4-5,8,10,16H,3,6-7,9H2,1-2H3. The Balaban J connectivity index is 2.80. The van der Waals surface area contributed by atoms with Crippen LogP contribution in [0, 0.1) is 5.92 Å². The average Bonchev–Trinajstić information content (AvgIpc) is 2.28. The van der Waals surface area contributed by atoms with Crippen molar-refractivity contribution in [2.45, 2.75) is 26.7 Å². The molecule has 0 bridgehead atoms. The molecule has 16 heavy (non-hydrogen) atoms. The molecule has 90 valence electrons. The minimum atomic E-state index is 0.533. The van der Waals surface area contributed by atoms with E-state index in [1.165, 1.54) is 5.56 Å². The van der Waals surface area contributed by atoms with Crippen molar-refractivity contribution in [2.24, 2.45) is 5.92 Å². The zero-order valence-electron chi connectivity index (χ0n) is 9.87. The van der Waals surface area contributed by atoms with Crippen LogP contribution in [0.2, 0.25) is 5.02 Å². The molecule has 1 atom stereocenters.